The Balaban J connectivity index is 3.19. The molecule has 1 amide bonds. The van der Waals surface area contributed by atoms with Gasteiger partial charge in [0.1, 0.15) is 5.25 Å². The normalized spacial score (nSPS) is 13.0. The molecular formula is C14H22N2O3S. The molecule has 6 heteroatoms. The van der Waals surface area contributed by atoms with Crippen LogP contribution < -0.4 is 5.73 Å². The molecular weight excluding hydrogens is 276 g/mol. The fourth-order valence-electron chi connectivity index (χ4n) is 2.04. The Morgan fingerprint density at radius 2 is 1.85 bits per heavy atom. The van der Waals surface area contributed by atoms with Crippen LogP contribution in [0.2, 0.25) is 0 Å². The highest BCUT2D eigenvalue weighted by molar-refractivity contribution is 7.93. The van der Waals surface area contributed by atoms with Crippen LogP contribution in [0.3, 0.4) is 0 Å². The van der Waals surface area contributed by atoms with Gasteiger partial charge in [-0.2, -0.15) is 0 Å². The molecule has 0 saturated heterocycles. The van der Waals surface area contributed by atoms with Gasteiger partial charge in [-0.3, -0.25) is 4.79 Å². The van der Waals surface area contributed by atoms with E-state index < -0.39 is 21.0 Å². The second-order valence-corrected chi connectivity index (χ2v) is 6.98. The number of benzene rings is 1. The van der Waals surface area contributed by atoms with Crippen LogP contribution in [0.25, 0.3) is 0 Å². The van der Waals surface area contributed by atoms with Gasteiger partial charge in [0.15, 0.2) is 9.84 Å². The summed E-state index contributed by atoms with van der Waals surface area (Å²) in [6.45, 7) is 7.85. The topological polar surface area (TPSA) is 80.5 Å². The quantitative estimate of drug-likeness (QED) is 0.837. The lowest BCUT2D eigenvalue weighted by Gasteiger charge is -2.23. The molecule has 1 aromatic carbocycles. The van der Waals surface area contributed by atoms with Crippen LogP contribution >= 0.6 is 0 Å². The second kappa shape index (κ2) is 6.26. The molecule has 0 aliphatic heterocycles. The van der Waals surface area contributed by atoms with Crippen molar-refractivity contribution in [1.29, 1.82) is 0 Å². The number of rotatable bonds is 5. The Morgan fingerprint density at radius 1 is 1.30 bits per heavy atom. The zero-order valence-electron chi connectivity index (χ0n) is 12.4. The highest BCUT2D eigenvalue weighted by Crippen LogP contribution is 2.24. The standard InChI is InChI=1S/C14H22N2O3S/c1-5-16(6-2)14(17)11(4)20(18,19)13-8-7-10(3)9-12(13)15/h7-9,11H,5-6,15H2,1-4H3. The summed E-state index contributed by atoms with van der Waals surface area (Å²) in [6.07, 6.45) is 0. The Morgan fingerprint density at radius 3 is 2.30 bits per heavy atom. The first-order valence-corrected chi connectivity index (χ1v) is 8.19. The maximum atomic E-state index is 12.5. The minimum atomic E-state index is -3.77. The number of aryl methyl sites for hydroxylation is 1. The van der Waals surface area contributed by atoms with E-state index in [1.54, 1.807) is 12.1 Å². The smallest absolute Gasteiger partial charge is 0.240 e. The number of anilines is 1. The summed E-state index contributed by atoms with van der Waals surface area (Å²) in [6, 6.07) is 4.74. The largest absolute Gasteiger partial charge is 0.398 e. The van der Waals surface area contributed by atoms with Gasteiger partial charge in [-0.1, -0.05) is 6.07 Å². The summed E-state index contributed by atoms with van der Waals surface area (Å²) < 4.78 is 25.0. The van der Waals surface area contributed by atoms with E-state index in [-0.39, 0.29) is 10.6 Å². The number of carbonyl (C=O) groups is 1. The maximum absolute atomic E-state index is 12.5. The lowest BCUT2D eigenvalue weighted by molar-refractivity contribution is -0.130. The van der Waals surface area contributed by atoms with Crippen molar-refractivity contribution in [2.24, 2.45) is 0 Å². The predicted octanol–water partition coefficient (Wildman–Crippen LogP) is 1.61. The third-order valence-corrected chi connectivity index (χ3v) is 5.48. The van der Waals surface area contributed by atoms with E-state index in [1.165, 1.54) is 17.9 Å². The summed E-state index contributed by atoms with van der Waals surface area (Å²) in [4.78, 5) is 13.7. The van der Waals surface area contributed by atoms with E-state index in [9.17, 15) is 13.2 Å². The van der Waals surface area contributed by atoms with Crippen molar-refractivity contribution >= 4 is 21.4 Å². The molecule has 1 atom stereocenters. The number of nitrogens with two attached hydrogens (primary N) is 1. The fraction of sp³-hybridized carbons (Fsp3) is 0.500. The van der Waals surface area contributed by atoms with E-state index in [4.69, 9.17) is 5.73 Å². The maximum Gasteiger partial charge on any atom is 0.240 e. The summed E-state index contributed by atoms with van der Waals surface area (Å²) in [5.41, 5.74) is 6.85. The zero-order valence-corrected chi connectivity index (χ0v) is 13.2. The number of nitrogens with zero attached hydrogens (tertiary/aromatic N) is 1. The average molecular weight is 298 g/mol. The highest BCUT2D eigenvalue weighted by atomic mass is 32.2. The molecule has 0 radical (unpaired) electrons. The first kappa shape index (κ1) is 16.5. The van der Waals surface area contributed by atoms with Crippen LogP contribution in [-0.2, 0) is 14.6 Å². The number of sulfone groups is 1. The molecule has 1 aromatic rings. The lowest BCUT2D eigenvalue weighted by Crippen LogP contribution is -2.41. The van der Waals surface area contributed by atoms with Crippen molar-refractivity contribution in [1.82, 2.24) is 4.90 Å². The van der Waals surface area contributed by atoms with Crippen molar-refractivity contribution in [2.75, 3.05) is 18.8 Å². The molecule has 0 fully saturated rings. The number of nitrogen functional groups attached to an aromatic ring is 1. The van der Waals surface area contributed by atoms with E-state index >= 15 is 0 Å². The minimum Gasteiger partial charge on any atom is -0.398 e. The zero-order chi connectivity index (χ0) is 15.5. The van der Waals surface area contributed by atoms with Crippen LogP contribution in [0.15, 0.2) is 23.1 Å². The fourth-order valence-corrected chi connectivity index (χ4v) is 3.48. The van der Waals surface area contributed by atoms with Gasteiger partial charge in [0.25, 0.3) is 0 Å². The molecule has 0 aromatic heterocycles. The van der Waals surface area contributed by atoms with E-state index in [0.29, 0.717) is 13.1 Å². The van der Waals surface area contributed by atoms with Gasteiger partial charge in [-0.05, 0) is 45.4 Å². The van der Waals surface area contributed by atoms with Gasteiger partial charge < -0.3 is 10.6 Å². The van der Waals surface area contributed by atoms with Gasteiger partial charge in [0.05, 0.1) is 10.6 Å². The Bertz CT molecular complexity index is 592. The highest BCUT2D eigenvalue weighted by Gasteiger charge is 2.33. The molecule has 112 valence electrons. The summed E-state index contributed by atoms with van der Waals surface area (Å²) >= 11 is 0. The van der Waals surface area contributed by atoms with Crippen molar-refractivity contribution < 1.29 is 13.2 Å². The van der Waals surface area contributed by atoms with E-state index in [1.807, 2.05) is 20.8 Å². The monoisotopic (exact) mass is 298 g/mol. The van der Waals surface area contributed by atoms with Gasteiger partial charge in [0.2, 0.25) is 5.91 Å². The van der Waals surface area contributed by atoms with Gasteiger partial charge in [0, 0.05) is 13.1 Å². The molecule has 0 bridgehead atoms. The Hall–Kier alpha value is -1.56. The second-order valence-electron chi connectivity index (χ2n) is 4.74. The minimum absolute atomic E-state index is 0.0242. The number of carbonyl (C=O) groups excluding carboxylic acids is 1. The molecule has 20 heavy (non-hydrogen) atoms. The first-order valence-electron chi connectivity index (χ1n) is 6.64. The van der Waals surface area contributed by atoms with E-state index in [0.717, 1.165) is 5.56 Å². The van der Waals surface area contributed by atoms with Crippen molar-refractivity contribution in [3.63, 3.8) is 0 Å². The van der Waals surface area contributed by atoms with E-state index in [2.05, 4.69) is 0 Å². The van der Waals surface area contributed by atoms with Gasteiger partial charge >= 0.3 is 0 Å². The summed E-state index contributed by atoms with van der Waals surface area (Å²) in [7, 11) is -3.77. The molecule has 0 heterocycles. The van der Waals surface area contributed by atoms with Crippen molar-refractivity contribution in [2.45, 2.75) is 37.8 Å². The molecule has 1 rings (SSSR count). The van der Waals surface area contributed by atoms with Crippen molar-refractivity contribution in [3.05, 3.63) is 23.8 Å². The lowest BCUT2D eigenvalue weighted by atomic mass is 10.2. The average Bonchev–Trinajstić information content (AvgIpc) is 2.38. The first-order chi connectivity index (χ1) is 9.25. The summed E-state index contributed by atoms with van der Waals surface area (Å²) in [5, 5.41) is -1.13. The van der Waals surface area contributed by atoms with Crippen LogP contribution in [0.1, 0.15) is 26.3 Å². The number of hydrogen-bond donors (Lipinski definition) is 1. The van der Waals surface area contributed by atoms with Crippen molar-refractivity contribution in [3.8, 4) is 0 Å². The van der Waals surface area contributed by atoms with Crippen LogP contribution in [0, 0.1) is 6.92 Å². The molecule has 2 N–H and O–H groups in total. The molecule has 0 saturated carbocycles. The predicted molar refractivity (Wildman–Crippen MR) is 80.2 cm³/mol. The molecule has 0 aliphatic rings. The molecule has 1 unspecified atom stereocenters. The summed E-state index contributed by atoms with van der Waals surface area (Å²) in [5.74, 6) is -0.394. The SMILES string of the molecule is CCN(CC)C(=O)C(C)S(=O)(=O)c1ccc(C)cc1N. The third kappa shape index (κ3) is 3.12. The van der Waals surface area contributed by atoms with Crippen LogP contribution in [0.4, 0.5) is 5.69 Å². The van der Waals surface area contributed by atoms with Gasteiger partial charge in [-0.15, -0.1) is 0 Å². The Labute approximate surface area is 120 Å². The molecule has 5 nitrogen and oxygen atoms in total. The number of amides is 1. The van der Waals surface area contributed by atoms with Crippen LogP contribution in [-0.4, -0.2) is 37.6 Å². The Kier molecular flexibility index (Phi) is 5.16. The van der Waals surface area contributed by atoms with Gasteiger partial charge in [-0.25, -0.2) is 8.42 Å². The number of hydrogen-bond acceptors (Lipinski definition) is 4. The van der Waals surface area contributed by atoms with Crippen LogP contribution in [0.5, 0.6) is 0 Å². The molecule has 0 spiro atoms. The third-order valence-electron chi connectivity index (χ3n) is 3.36. The molecule has 0 aliphatic carbocycles.